The maximum Gasteiger partial charge on any atom is 0.347 e. The third-order valence-corrected chi connectivity index (χ3v) is 6.60. The average Bonchev–Trinajstić information content (AvgIpc) is 2.96. The third-order valence-electron chi connectivity index (χ3n) is 6.60. The van der Waals surface area contributed by atoms with Crippen LogP contribution in [0.25, 0.3) is 22.2 Å². The van der Waals surface area contributed by atoms with Gasteiger partial charge in [0.2, 0.25) is 0 Å². The van der Waals surface area contributed by atoms with Gasteiger partial charge in [0.15, 0.2) is 5.56 Å². The van der Waals surface area contributed by atoms with Gasteiger partial charge in [0.25, 0.3) is 5.56 Å². The minimum Gasteiger partial charge on any atom is -0.495 e. The molecule has 1 fully saturated rings. The van der Waals surface area contributed by atoms with E-state index in [-0.39, 0.29) is 23.7 Å². The molecular formula is C29H28FN3O5. The lowest BCUT2D eigenvalue weighted by molar-refractivity contribution is 0.0363. The molecule has 4 aromatic rings. The van der Waals surface area contributed by atoms with Crippen molar-refractivity contribution in [1.29, 1.82) is 0 Å². The van der Waals surface area contributed by atoms with E-state index in [2.05, 4.69) is 9.88 Å². The molecule has 0 radical (unpaired) electrons. The quantitative estimate of drug-likeness (QED) is 0.328. The zero-order valence-electron chi connectivity index (χ0n) is 21.1. The Bertz CT molecular complexity index is 1480. The van der Waals surface area contributed by atoms with Crippen molar-refractivity contribution in [3.8, 4) is 16.9 Å². The average molecular weight is 518 g/mol. The van der Waals surface area contributed by atoms with Crippen molar-refractivity contribution in [3.05, 3.63) is 94.2 Å². The summed E-state index contributed by atoms with van der Waals surface area (Å²) in [6.45, 7) is 3.71. The molecule has 1 aliphatic heterocycles. The molecule has 0 spiro atoms. The third kappa shape index (κ3) is 5.44. The molecule has 0 saturated carbocycles. The van der Waals surface area contributed by atoms with Crippen LogP contribution in [0.2, 0.25) is 0 Å². The number of methoxy groups -OCH3 is 1. The molecule has 1 saturated heterocycles. The van der Waals surface area contributed by atoms with E-state index in [1.54, 1.807) is 24.4 Å². The molecule has 0 bridgehead atoms. The van der Waals surface area contributed by atoms with E-state index in [0.717, 1.165) is 24.2 Å². The summed E-state index contributed by atoms with van der Waals surface area (Å²) in [6, 6.07) is 17.1. The van der Waals surface area contributed by atoms with Crippen LogP contribution in [-0.2, 0) is 22.6 Å². The number of hydrogen-bond acceptors (Lipinski definition) is 7. The molecule has 0 amide bonds. The molecule has 2 aromatic carbocycles. The summed E-state index contributed by atoms with van der Waals surface area (Å²) >= 11 is 0. The van der Waals surface area contributed by atoms with E-state index in [0.29, 0.717) is 42.9 Å². The summed E-state index contributed by atoms with van der Waals surface area (Å²) in [5.74, 6) is -1.02. The number of pyridine rings is 2. The number of hydrogen-bond donors (Lipinski definition) is 0. The maximum absolute atomic E-state index is 13.7. The first-order valence-electron chi connectivity index (χ1n) is 12.4. The number of carbonyl (C=O) groups excluding carboxylic acids is 1. The highest BCUT2D eigenvalue weighted by molar-refractivity contribution is 6.00. The minimum atomic E-state index is -0.773. The van der Waals surface area contributed by atoms with Gasteiger partial charge < -0.3 is 14.2 Å². The smallest absolute Gasteiger partial charge is 0.347 e. The number of benzene rings is 2. The van der Waals surface area contributed by atoms with Gasteiger partial charge in [-0.15, -0.1) is 0 Å². The summed E-state index contributed by atoms with van der Waals surface area (Å²) in [5, 5.41) is 0.488. The Morgan fingerprint density at radius 3 is 2.47 bits per heavy atom. The molecule has 196 valence electrons. The Hall–Kier alpha value is -4.08. The first-order chi connectivity index (χ1) is 18.5. The summed E-state index contributed by atoms with van der Waals surface area (Å²) in [4.78, 5) is 33.8. The van der Waals surface area contributed by atoms with Gasteiger partial charge in [-0.1, -0.05) is 42.5 Å². The first-order valence-corrected chi connectivity index (χ1v) is 12.4. The van der Waals surface area contributed by atoms with Crippen molar-refractivity contribution in [2.24, 2.45) is 0 Å². The van der Waals surface area contributed by atoms with Crippen molar-refractivity contribution >= 4 is 17.0 Å². The largest absolute Gasteiger partial charge is 0.495 e. The van der Waals surface area contributed by atoms with Gasteiger partial charge in [-0.25, -0.2) is 14.2 Å². The van der Waals surface area contributed by atoms with Crippen LogP contribution in [-0.4, -0.2) is 60.4 Å². The molecule has 3 heterocycles. The minimum absolute atomic E-state index is 0.0158. The van der Waals surface area contributed by atoms with Crippen LogP contribution in [0.4, 0.5) is 4.39 Å². The predicted octanol–water partition coefficient (Wildman–Crippen LogP) is 3.90. The highest BCUT2D eigenvalue weighted by atomic mass is 19.1. The fraction of sp³-hybridized carbons (Fsp3) is 0.276. The van der Waals surface area contributed by atoms with E-state index in [4.69, 9.17) is 14.2 Å². The van der Waals surface area contributed by atoms with E-state index in [9.17, 15) is 14.0 Å². The van der Waals surface area contributed by atoms with Gasteiger partial charge in [-0.3, -0.25) is 14.3 Å². The second-order valence-corrected chi connectivity index (χ2v) is 8.98. The van der Waals surface area contributed by atoms with Crippen molar-refractivity contribution in [1.82, 2.24) is 14.5 Å². The fourth-order valence-electron chi connectivity index (χ4n) is 4.56. The zero-order chi connectivity index (χ0) is 26.5. The van der Waals surface area contributed by atoms with Crippen LogP contribution in [0.15, 0.2) is 71.7 Å². The number of ether oxygens (including phenoxy) is 3. The molecule has 1 aliphatic rings. The molecule has 0 N–H and O–H groups in total. The Morgan fingerprint density at radius 2 is 1.76 bits per heavy atom. The van der Waals surface area contributed by atoms with Gasteiger partial charge >= 0.3 is 5.97 Å². The highest BCUT2D eigenvalue weighted by Gasteiger charge is 2.26. The molecule has 5 rings (SSSR count). The molecular weight excluding hydrogens is 489 g/mol. The topological polar surface area (TPSA) is 82.9 Å². The second kappa shape index (κ2) is 11.5. The summed E-state index contributed by atoms with van der Waals surface area (Å²) < 4.78 is 31.6. The summed E-state index contributed by atoms with van der Waals surface area (Å²) in [6.07, 6.45) is 1.63. The van der Waals surface area contributed by atoms with Crippen molar-refractivity contribution in [2.75, 3.05) is 40.0 Å². The SMILES string of the molecule is COc1c(C(=O)OCc2ccccc2)c(=O)n(CCN2CCOCC2)c2ncc(-c3ccc(F)cc3)cc12. The monoisotopic (exact) mass is 517 g/mol. The number of esters is 1. The first kappa shape index (κ1) is 25.6. The number of morpholine rings is 1. The number of fused-ring (bicyclic) bond motifs is 1. The number of carbonyl (C=O) groups is 1. The van der Waals surface area contributed by atoms with Crippen LogP contribution < -0.4 is 10.3 Å². The van der Waals surface area contributed by atoms with Gasteiger partial charge in [0, 0.05) is 37.9 Å². The standard InChI is InChI=1S/C29H28FN3O5/c1-36-26-24-17-22(21-7-9-23(30)10-8-21)18-31-27(24)33(12-11-32-13-15-37-16-14-32)28(34)25(26)29(35)38-19-20-5-3-2-4-6-20/h2-10,17-18H,11-16,19H2,1H3. The zero-order valence-corrected chi connectivity index (χ0v) is 21.1. The van der Waals surface area contributed by atoms with E-state index >= 15 is 0 Å². The van der Waals surface area contributed by atoms with Crippen LogP contribution in [0, 0.1) is 5.82 Å². The van der Waals surface area contributed by atoms with Gasteiger partial charge in [-0.05, 0) is 29.3 Å². The van der Waals surface area contributed by atoms with Crippen LogP contribution in [0.3, 0.4) is 0 Å². The Labute approximate surface area is 219 Å². The lowest BCUT2D eigenvalue weighted by atomic mass is 10.0. The second-order valence-electron chi connectivity index (χ2n) is 8.98. The highest BCUT2D eigenvalue weighted by Crippen LogP contribution is 2.31. The molecule has 0 aliphatic carbocycles. The van der Waals surface area contributed by atoms with E-state index in [1.165, 1.54) is 23.8 Å². The molecule has 2 aromatic heterocycles. The van der Waals surface area contributed by atoms with Crippen molar-refractivity contribution in [3.63, 3.8) is 0 Å². The van der Waals surface area contributed by atoms with Crippen LogP contribution >= 0.6 is 0 Å². The van der Waals surface area contributed by atoms with Crippen molar-refractivity contribution < 1.29 is 23.4 Å². The van der Waals surface area contributed by atoms with Crippen LogP contribution in [0.5, 0.6) is 5.75 Å². The number of nitrogens with zero attached hydrogens (tertiary/aromatic N) is 3. The lowest BCUT2D eigenvalue weighted by Gasteiger charge is -2.27. The summed E-state index contributed by atoms with van der Waals surface area (Å²) in [7, 11) is 1.41. The molecule has 8 nitrogen and oxygen atoms in total. The summed E-state index contributed by atoms with van der Waals surface area (Å²) in [5.41, 5.74) is 1.91. The van der Waals surface area contributed by atoms with E-state index in [1.807, 2.05) is 30.3 Å². The van der Waals surface area contributed by atoms with Gasteiger partial charge in [-0.2, -0.15) is 0 Å². The molecule has 9 heteroatoms. The number of aromatic nitrogens is 2. The lowest BCUT2D eigenvalue weighted by Crippen LogP contribution is -2.40. The Kier molecular flexibility index (Phi) is 7.76. The number of halogens is 1. The molecule has 0 unspecified atom stereocenters. The fourth-order valence-corrected chi connectivity index (χ4v) is 4.56. The van der Waals surface area contributed by atoms with Gasteiger partial charge in [0.1, 0.15) is 23.8 Å². The molecule has 0 atom stereocenters. The van der Waals surface area contributed by atoms with Crippen molar-refractivity contribution in [2.45, 2.75) is 13.2 Å². The Morgan fingerprint density at radius 1 is 1.03 bits per heavy atom. The maximum atomic E-state index is 13.7. The normalized spacial score (nSPS) is 13.9. The van der Waals surface area contributed by atoms with Gasteiger partial charge in [0.05, 0.1) is 25.7 Å². The molecule has 38 heavy (non-hydrogen) atoms. The number of rotatable bonds is 8. The predicted molar refractivity (Wildman–Crippen MR) is 141 cm³/mol. The Balaban J connectivity index is 1.59. The van der Waals surface area contributed by atoms with E-state index < -0.39 is 11.5 Å². The van der Waals surface area contributed by atoms with Crippen LogP contribution in [0.1, 0.15) is 15.9 Å².